The van der Waals surface area contributed by atoms with Crippen LogP contribution in [0.4, 0.5) is 5.69 Å². The van der Waals surface area contributed by atoms with Crippen LogP contribution in [0.15, 0.2) is 24.3 Å². The van der Waals surface area contributed by atoms with E-state index in [1.54, 1.807) is 13.0 Å². The van der Waals surface area contributed by atoms with E-state index < -0.39 is 6.10 Å². The number of carbonyl (C=O) groups excluding carboxylic acids is 1. The van der Waals surface area contributed by atoms with Crippen molar-refractivity contribution >= 4 is 11.6 Å². The number of aliphatic hydroxyl groups excluding tert-OH is 1. The molecule has 0 aliphatic heterocycles. The van der Waals surface area contributed by atoms with Crippen molar-refractivity contribution in [3.8, 4) is 0 Å². The van der Waals surface area contributed by atoms with Crippen LogP contribution in [0.1, 0.15) is 32.4 Å². The van der Waals surface area contributed by atoms with Gasteiger partial charge in [0.05, 0.1) is 6.10 Å². The number of hydrogen-bond acceptors (Lipinski definition) is 3. The number of anilines is 1. The van der Waals surface area contributed by atoms with Crippen LogP contribution in [0, 0.1) is 5.92 Å². The smallest absolute Gasteiger partial charge is 0.228 e. The second-order valence-corrected chi connectivity index (χ2v) is 4.46. The van der Waals surface area contributed by atoms with E-state index in [4.69, 9.17) is 0 Å². The first kappa shape index (κ1) is 14.7. The van der Waals surface area contributed by atoms with Crippen molar-refractivity contribution < 1.29 is 9.90 Å². The summed E-state index contributed by atoms with van der Waals surface area (Å²) in [6, 6.07) is 7.31. The molecule has 0 aromatic heterocycles. The zero-order valence-electron chi connectivity index (χ0n) is 11.2. The summed E-state index contributed by atoms with van der Waals surface area (Å²) in [5, 5.41) is 15.6. The highest BCUT2D eigenvalue weighted by Crippen LogP contribution is 2.22. The molecular weight excluding hydrogens is 228 g/mol. The monoisotopic (exact) mass is 250 g/mol. The second kappa shape index (κ2) is 7.13. The number of benzene rings is 1. The molecule has 2 atom stereocenters. The maximum atomic E-state index is 12.0. The molecule has 1 amide bonds. The first-order valence-corrected chi connectivity index (χ1v) is 6.34. The highest BCUT2D eigenvalue weighted by molar-refractivity contribution is 5.93. The maximum absolute atomic E-state index is 12.0. The minimum absolute atomic E-state index is 0.0379. The molecule has 0 bridgehead atoms. The predicted molar refractivity (Wildman–Crippen MR) is 73.4 cm³/mol. The van der Waals surface area contributed by atoms with Crippen molar-refractivity contribution in [2.75, 3.05) is 18.4 Å². The lowest BCUT2D eigenvalue weighted by atomic mass is 10.1. The molecule has 0 radical (unpaired) electrons. The lowest BCUT2D eigenvalue weighted by Crippen LogP contribution is -2.30. The standard InChI is InChI=1S/C14H22N2O2/c1-4-15-9-10(2)14(18)16-13-8-6-5-7-12(13)11(3)17/h5-8,10-11,15,17H,4,9H2,1-3H3,(H,16,18). The molecule has 0 aliphatic carbocycles. The molecule has 4 nitrogen and oxygen atoms in total. The van der Waals surface area contributed by atoms with Crippen molar-refractivity contribution in [3.05, 3.63) is 29.8 Å². The Labute approximate surface area is 108 Å². The van der Waals surface area contributed by atoms with Gasteiger partial charge < -0.3 is 15.7 Å². The van der Waals surface area contributed by atoms with Crippen molar-refractivity contribution in [1.29, 1.82) is 0 Å². The van der Waals surface area contributed by atoms with E-state index in [0.717, 1.165) is 12.1 Å². The Balaban J connectivity index is 2.69. The topological polar surface area (TPSA) is 61.4 Å². The number of amides is 1. The molecule has 1 aromatic carbocycles. The molecule has 2 unspecified atom stereocenters. The number of para-hydroxylation sites is 1. The fourth-order valence-electron chi connectivity index (χ4n) is 1.68. The summed E-state index contributed by atoms with van der Waals surface area (Å²) >= 11 is 0. The Bertz CT molecular complexity index is 391. The van der Waals surface area contributed by atoms with Crippen molar-refractivity contribution in [2.45, 2.75) is 26.9 Å². The highest BCUT2D eigenvalue weighted by atomic mass is 16.3. The average Bonchev–Trinajstić information content (AvgIpc) is 2.36. The van der Waals surface area contributed by atoms with Crippen LogP contribution in [-0.2, 0) is 4.79 Å². The van der Waals surface area contributed by atoms with Gasteiger partial charge in [0.2, 0.25) is 5.91 Å². The van der Waals surface area contributed by atoms with Crippen LogP contribution in [0.25, 0.3) is 0 Å². The number of nitrogens with one attached hydrogen (secondary N) is 2. The Morgan fingerprint density at radius 1 is 1.33 bits per heavy atom. The largest absolute Gasteiger partial charge is 0.389 e. The minimum atomic E-state index is -0.592. The lowest BCUT2D eigenvalue weighted by Gasteiger charge is -2.16. The summed E-state index contributed by atoms with van der Waals surface area (Å²) in [5.41, 5.74) is 1.42. The van der Waals surface area contributed by atoms with Gasteiger partial charge in [0.1, 0.15) is 0 Å². The molecule has 1 aromatic rings. The summed E-state index contributed by atoms with van der Waals surface area (Å²) in [4.78, 5) is 12.0. The van der Waals surface area contributed by atoms with E-state index in [9.17, 15) is 9.90 Å². The number of carbonyl (C=O) groups is 1. The zero-order chi connectivity index (χ0) is 13.5. The van der Waals surface area contributed by atoms with Gasteiger partial charge in [0.25, 0.3) is 0 Å². The van der Waals surface area contributed by atoms with Gasteiger partial charge in [-0.2, -0.15) is 0 Å². The van der Waals surface area contributed by atoms with Crippen LogP contribution >= 0.6 is 0 Å². The fraction of sp³-hybridized carbons (Fsp3) is 0.500. The molecule has 0 saturated heterocycles. The fourth-order valence-corrected chi connectivity index (χ4v) is 1.68. The Morgan fingerprint density at radius 3 is 2.61 bits per heavy atom. The van der Waals surface area contributed by atoms with Gasteiger partial charge in [0, 0.05) is 23.7 Å². The normalized spacial score (nSPS) is 14.0. The van der Waals surface area contributed by atoms with Gasteiger partial charge in [-0.1, -0.05) is 32.0 Å². The van der Waals surface area contributed by atoms with Crippen LogP contribution < -0.4 is 10.6 Å². The van der Waals surface area contributed by atoms with E-state index in [0.29, 0.717) is 12.2 Å². The Hall–Kier alpha value is -1.39. The molecule has 18 heavy (non-hydrogen) atoms. The molecule has 4 heteroatoms. The quantitative estimate of drug-likeness (QED) is 0.723. The molecule has 100 valence electrons. The molecule has 1 rings (SSSR count). The summed E-state index contributed by atoms with van der Waals surface area (Å²) in [5.74, 6) is -0.143. The van der Waals surface area contributed by atoms with Crippen molar-refractivity contribution in [3.63, 3.8) is 0 Å². The van der Waals surface area contributed by atoms with Gasteiger partial charge in [0.15, 0.2) is 0 Å². The third-order valence-electron chi connectivity index (χ3n) is 2.82. The van der Waals surface area contributed by atoms with E-state index in [1.807, 2.05) is 32.0 Å². The van der Waals surface area contributed by atoms with Gasteiger partial charge in [-0.3, -0.25) is 4.79 Å². The SMILES string of the molecule is CCNCC(C)C(=O)Nc1ccccc1C(C)O. The van der Waals surface area contributed by atoms with Crippen LogP contribution in [-0.4, -0.2) is 24.1 Å². The number of rotatable bonds is 6. The summed E-state index contributed by atoms with van der Waals surface area (Å²) in [7, 11) is 0. The van der Waals surface area contributed by atoms with E-state index in [2.05, 4.69) is 10.6 Å². The second-order valence-electron chi connectivity index (χ2n) is 4.46. The average molecular weight is 250 g/mol. The van der Waals surface area contributed by atoms with Gasteiger partial charge in [-0.25, -0.2) is 0 Å². The van der Waals surface area contributed by atoms with Crippen LogP contribution in [0.2, 0.25) is 0 Å². The number of aliphatic hydroxyl groups is 1. The molecule has 0 spiro atoms. The third kappa shape index (κ3) is 4.13. The third-order valence-corrected chi connectivity index (χ3v) is 2.82. The molecule has 0 fully saturated rings. The molecule has 0 saturated carbocycles. The predicted octanol–water partition coefficient (Wildman–Crippen LogP) is 1.92. The molecule has 0 aliphatic rings. The van der Waals surface area contributed by atoms with E-state index in [-0.39, 0.29) is 11.8 Å². The van der Waals surface area contributed by atoms with Gasteiger partial charge in [-0.05, 0) is 19.5 Å². The van der Waals surface area contributed by atoms with E-state index in [1.165, 1.54) is 0 Å². The lowest BCUT2D eigenvalue weighted by molar-refractivity contribution is -0.119. The first-order chi connectivity index (χ1) is 8.56. The summed E-state index contributed by atoms with van der Waals surface area (Å²) < 4.78 is 0. The van der Waals surface area contributed by atoms with E-state index >= 15 is 0 Å². The molecule has 3 N–H and O–H groups in total. The zero-order valence-corrected chi connectivity index (χ0v) is 11.2. The highest BCUT2D eigenvalue weighted by Gasteiger charge is 2.15. The number of hydrogen-bond donors (Lipinski definition) is 3. The first-order valence-electron chi connectivity index (χ1n) is 6.34. The molecule has 0 heterocycles. The van der Waals surface area contributed by atoms with Gasteiger partial charge in [-0.15, -0.1) is 0 Å². The summed E-state index contributed by atoms with van der Waals surface area (Å²) in [6.07, 6.45) is -0.592. The van der Waals surface area contributed by atoms with Crippen LogP contribution in [0.3, 0.4) is 0 Å². The maximum Gasteiger partial charge on any atom is 0.228 e. The van der Waals surface area contributed by atoms with Crippen molar-refractivity contribution in [1.82, 2.24) is 5.32 Å². The van der Waals surface area contributed by atoms with Crippen LogP contribution in [0.5, 0.6) is 0 Å². The molecular formula is C14H22N2O2. The van der Waals surface area contributed by atoms with Gasteiger partial charge >= 0.3 is 0 Å². The Morgan fingerprint density at radius 2 is 2.00 bits per heavy atom. The minimum Gasteiger partial charge on any atom is -0.389 e. The summed E-state index contributed by atoms with van der Waals surface area (Å²) in [6.45, 7) is 7.07. The van der Waals surface area contributed by atoms with Crippen molar-refractivity contribution in [2.24, 2.45) is 5.92 Å². The Kier molecular flexibility index (Phi) is 5.82.